The van der Waals surface area contributed by atoms with Crippen LogP contribution >= 0.6 is 0 Å². The van der Waals surface area contributed by atoms with Crippen LogP contribution in [0.15, 0.2) is 18.3 Å². The van der Waals surface area contributed by atoms with E-state index in [9.17, 15) is 0 Å². The molecule has 1 aromatic heterocycles. The van der Waals surface area contributed by atoms with Crippen molar-refractivity contribution in [3.8, 4) is 0 Å². The van der Waals surface area contributed by atoms with Crippen molar-refractivity contribution in [2.45, 2.75) is 19.9 Å². The molecule has 1 heterocycles. The summed E-state index contributed by atoms with van der Waals surface area (Å²) in [4.78, 5) is 0. The Labute approximate surface area is 78.4 Å². The highest BCUT2D eigenvalue weighted by Crippen LogP contribution is 2.21. The van der Waals surface area contributed by atoms with E-state index in [1.165, 1.54) is 0 Å². The van der Waals surface area contributed by atoms with E-state index in [0.717, 1.165) is 16.8 Å². The maximum Gasteiger partial charge on any atom is 0.0698 e. The Hall–Kier alpha value is -1.13. The number of aryl methyl sites for hydroxylation is 2. The minimum Gasteiger partial charge on any atom is -0.275 e. The molecule has 0 radical (unpaired) electrons. The first-order chi connectivity index (χ1) is 6.06. The summed E-state index contributed by atoms with van der Waals surface area (Å²) in [5, 5.41) is 4.24. The third kappa shape index (κ3) is 1.96. The van der Waals surface area contributed by atoms with Crippen molar-refractivity contribution in [3.05, 3.63) is 29.6 Å². The lowest BCUT2D eigenvalue weighted by atomic mass is 10.0. The number of rotatable bonds is 3. The van der Waals surface area contributed by atoms with Gasteiger partial charge in [0, 0.05) is 18.8 Å². The Morgan fingerprint density at radius 1 is 1.77 bits per heavy atom. The minimum absolute atomic E-state index is 0.00583. The third-order valence-electron chi connectivity index (χ3n) is 2.02. The van der Waals surface area contributed by atoms with E-state index in [0.29, 0.717) is 0 Å². The molecule has 0 aromatic carbocycles. The van der Waals surface area contributed by atoms with Gasteiger partial charge in [0.1, 0.15) is 0 Å². The van der Waals surface area contributed by atoms with E-state index in [1.807, 2.05) is 27.1 Å². The summed E-state index contributed by atoms with van der Waals surface area (Å²) in [5.41, 5.74) is 5.76. The zero-order valence-electron chi connectivity index (χ0n) is 8.33. The summed E-state index contributed by atoms with van der Waals surface area (Å²) >= 11 is 0. The second-order valence-electron chi connectivity index (χ2n) is 3.29. The molecule has 0 spiro atoms. The highest BCUT2D eigenvalue weighted by Gasteiger charge is 2.14. The maximum atomic E-state index is 5.44. The number of nitrogens with one attached hydrogen (secondary N) is 1. The van der Waals surface area contributed by atoms with Crippen molar-refractivity contribution in [2.24, 2.45) is 12.9 Å². The first kappa shape index (κ1) is 9.95. The molecule has 0 aliphatic heterocycles. The van der Waals surface area contributed by atoms with E-state index in [-0.39, 0.29) is 6.04 Å². The Balaban J connectivity index is 3.04. The summed E-state index contributed by atoms with van der Waals surface area (Å²) in [6, 6.07) is -0.00583. The summed E-state index contributed by atoms with van der Waals surface area (Å²) < 4.78 is 1.78. The van der Waals surface area contributed by atoms with Crippen LogP contribution in [0, 0.1) is 6.92 Å². The van der Waals surface area contributed by atoms with E-state index in [2.05, 4.69) is 17.1 Å². The molecule has 0 bridgehead atoms. The highest BCUT2D eigenvalue weighted by atomic mass is 15.3. The zero-order valence-corrected chi connectivity index (χ0v) is 8.33. The maximum absolute atomic E-state index is 5.44. The lowest BCUT2D eigenvalue weighted by Gasteiger charge is -2.14. The van der Waals surface area contributed by atoms with Gasteiger partial charge < -0.3 is 0 Å². The van der Waals surface area contributed by atoms with Gasteiger partial charge in [0.15, 0.2) is 0 Å². The van der Waals surface area contributed by atoms with Crippen LogP contribution < -0.4 is 11.3 Å². The van der Waals surface area contributed by atoms with Gasteiger partial charge in [-0.15, -0.1) is 0 Å². The van der Waals surface area contributed by atoms with Crippen molar-refractivity contribution in [2.75, 3.05) is 0 Å². The molecule has 0 fully saturated rings. The average molecular weight is 180 g/mol. The molecule has 0 amide bonds. The average Bonchev–Trinajstić information content (AvgIpc) is 2.31. The second kappa shape index (κ2) is 3.72. The molecule has 4 nitrogen and oxygen atoms in total. The summed E-state index contributed by atoms with van der Waals surface area (Å²) in [6.07, 6.45) is 1.95. The molecular formula is C9H16N4. The Morgan fingerprint density at radius 2 is 2.38 bits per heavy atom. The number of hydrogen-bond acceptors (Lipinski definition) is 3. The third-order valence-corrected chi connectivity index (χ3v) is 2.02. The van der Waals surface area contributed by atoms with Gasteiger partial charge in [-0.25, -0.2) is 5.43 Å². The van der Waals surface area contributed by atoms with E-state index >= 15 is 0 Å². The van der Waals surface area contributed by atoms with Crippen LogP contribution in [0.5, 0.6) is 0 Å². The normalized spacial score (nSPS) is 12.9. The predicted molar refractivity (Wildman–Crippen MR) is 52.8 cm³/mol. The first-order valence-corrected chi connectivity index (χ1v) is 4.18. The lowest BCUT2D eigenvalue weighted by Crippen LogP contribution is -2.28. The van der Waals surface area contributed by atoms with Crippen LogP contribution in [0.3, 0.4) is 0 Å². The highest BCUT2D eigenvalue weighted by molar-refractivity contribution is 5.26. The quantitative estimate of drug-likeness (QED) is 0.411. The van der Waals surface area contributed by atoms with Crippen LogP contribution in [0.25, 0.3) is 0 Å². The fourth-order valence-electron chi connectivity index (χ4n) is 1.40. The molecule has 1 rings (SSSR count). The van der Waals surface area contributed by atoms with Crippen molar-refractivity contribution in [1.82, 2.24) is 15.2 Å². The standard InChI is InChI=1S/C9H16N4/c1-6(2)9(11-10)8-5-13(4)12-7(8)3/h5,9,11H,1,10H2,2-4H3. The molecule has 13 heavy (non-hydrogen) atoms. The topological polar surface area (TPSA) is 55.9 Å². The van der Waals surface area contributed by atoms with Gasteiger partial charge >= 0.3 is 0 Å². The van der Waals surface area contributed by atoms with Gasteiger partial charge in [-0.2, -0.15) is 5.10 Å². The van der Waals surface area contributed by atoms with Crippen LogP contribution in [0.2, 0.25) is 0 Å². The zero-order chi connectivity index (χ0) is 10.0. The number of aromatic nitrogens is 2. The first-order valence-electron chi connectivity index (χ1n) is 4.18. The molecule has 72 valence electrons. The molecule has 0 saturated carbocycles. The molecular weight excluding hydrogens is 164 g/mol. The van der Waals surface area contributed by atoms with Crippen LogP contribution in [0.1, 0.15) is 24.2 Å². The Kier molecular flexibility index (Phi) is 2.85. The molecule has 0 aliphatic rings. The van der Waals surface area contributed by atoms with Crippen molar-refractivity contribution in [3.63, 3.8) is 0 Å². The predicted octanol–water partition coefficient (Wildman–Crippen LogP) is 0.809. The number of nitrogens with two attached hydrogens (primary N) is 1. The van der Waals surface area contributed by atoms with Gasteiger partial charge in [0.25, 0.3) is 0 Å². The van der Waals surface area contributed by atoms with Crippen LogP contribution in [-0.2, 0) is 7.05 Å². The summed E-state index contributed by atoms with van der Waals surface area (Å²) in [5.74, 6) is 5.44. The molecule has 4 heteroatoms. The van der Waals surface area contributed by atoms with E-state index < -0.39 is 0 Å². The largest absolute Gasteiger partial charge is 0.275 e. The van der Waals surface area contributed by atoms with Crippen molar-refractivity contribution < 1.29 is 0 Å². The lowest BCUT2D eigenvalue weighted by molar-refractivity contribution is 0.623. The molecule has 1 unspecified atom stereocenters. The fourth-order valence-corrected chi connectivity index (χ4v) is 1.40. The monoisotopic (exact) mass is 180 g/mol. The SMILES string of the molecule is C=C(C)C(NN)c1cn(C)nc1C. The van der Waals surface area contributed by atoms with Gasteiger partial charge in [0.05, 0.1) is 11.7 Å². The van der Waals surface area contributed by atoms with Gasteiger partial charge in [-0.05, 0) is 13.8 Å². The van der Waals surface area contributed by atoms with Gasteiger partial charge in [0.2, 0.25) is 0 Å². The van der Waals surface area contributed by atoms with Crippen molar-refractivity contribution in [1.29, 1.82) is 0 Å². The second-order valence-corrected chi connectivity index (χ2v) is 3.29. The fraction of sp³-hybridized carbons (Fsp3) is 0.444. The minimum atomic E-state index is -0.00583. The van der Waals surface area contributed by atoms with E-state index in [4.69, 9.17) is 5.84 Å². The number of hydrogen-bond donors (Lipinski definition) is 2. The molecule has 0 aliphatic carbocycles. The van der Waals surface area contributed by atoms with Gasteiger partial charge in [-0.1, -0.05) is 12.2 Å². The van der Waals surface area contributed by atoms with E-state index in [1.54, 1.807) is 4.68 Å². The smallest absolute Gasteiger partial charge is 0.0698 e. The number of nitrogens with zero attached hydrogens (tertiary/aromatic N) is 2. The Morgan fingerprint density at radius 3 is 2.69 bits per heavy atom. The van der Waals surface area contributed by atoms with Gasteiger partial charge in [-0.3, -0.25) is 10.5 Å². The number of hydrazine groups is 1. The molecule has 3 N–H and O–H groups in total. The molecule has 1 atom stereocenters. The van der Waals surface area contributed by atoms with Crippen LogP contribution in [-0.4, -0.2) is 9.78 Å². The van der Waals surface area contributed by atoms with Crippen LogP contribution in [0.4, 0.5) is 0 Å². The molecule has 1 aromatic rings. The van der Waals surface area contributed by atoms with Crippen molar-refractivity contribution >= 4 is 0 Å². The summed E-state index contributed by atoms with van der Waals surface area (Å²) in [6.45, 7) is 7.78. The molecule has 0 saturated heterocycles. The summed E-state index contributed by atoms with van der Waals surface area (Å²) in [7, 11) is 1.89. The Bertz CT molecular complexity index is 313.